The zero-order chi connectivity index (χ0) is 16.4. The Balaban J connectivity index is 2.40. The van der Waals surface area contributed by atoms with Crippen molar-refractivity contribution in [3.63, 3.8) is 0 Å². The van der Waals surface area contributed by atoms with Gasteiger partial charge in [-0.3, -0.25) is 14.9 Å². The minimum atomic E-state index is -0.573. The molecule has 0 bridgehead atoms. The Kier molecular flexibility index (Phi) is 4.47. The van der Waals surface area contributed by atoms with Crippen molar-refractivity contribution < 1.29 is 9.72 Å². The van der Waals surface area contributed by atoms with Crippen molar-refractivity contribution in [1.29, 1.82) is 0 Å². The zero-order valence-corrected chi connectivity index (χ0v) is 13.2. The zero-order valence-electron chi connectivity index (χ0n) is 12.4. The second-order valence-electron chi connectivity index (χ2n) is 5.15. The van der Waals surface area contributed by atoms with Crippen molar-refractivity contribution in [3.8, 4) is 0 Å². The summed E-state index contributed by atoms with van der Waals surface area (Å²) in [4.78, 5) is 23.0. The summed E-state index contributed by atoms with van der Waals surface area (Å²) in [5, 5.41) is 13.9. The number of rotatable bonds is 3. The number of benzene rings is 2. The molecule has 0 heterocycles. The first kappa shape index (κ1) is 16.0. The molecule has 0 spiro atoms. The Morgan fingerprint density at radius 1 is 1.14 bits per heavy atom. The summed E-state index contributed by atoms with van der Waals surface area (Å²) in [5.41, 5.74) is 3.12. The number of nitro groups is 1. The third kappa shape index (κ3) is 3.26. The van der Waals surface area contributed by atoms with E-state index in [9.17, 15) is 14.9 Å². The minimum Gasteiger partial charge on any atom is -0.316 e. The summed E-state index contributed by atoms with van der Waals surface area (Å²) in [6.45, 7) is 5.63. The van der Waals surface area contributed by atoms with Crippen molar-refractivity contribution in [1.82, 2.24) is 0 Å². The standard InChI is InChI=1S/C16H15ClN2O3/c1-9-6-10(2)15(11(3)7-9)16(20)18-13-5-4-12(17)8-14(13)19(21)22/h4-8H,1-3H3,(H,18,20). The van der Waals surface area contributed by atoms with E-state index in [1.54, 1.807) is 0 Å². The molecule has 2 aromatic rings. The number of nitrogens with one attached hydrogen (secondary N) is 1. The first-order chi connectivity index (χ1) is 10.3. The number of amides is 1. The molecule has 0 aliphatic rings. The Hall–Kier alpha value is -2.40. The highest BCUT2D eigenvalue weighted by atomic mass is 35.5. The van der Waals surface area contributed by atoms with Gasteiger partial charge in [-0.2, -0.15) is 0 Å². The summed E-state index contributed by atoms with van der Waals surface area (Å²) in [6.07, 6.45) is 0. The Bertz CT molecular complexity index is 749. The number of hydrogen-bond acceptors (Lipinski definition) is 3. The molecule has 0 unspecified atom stereocenters. The van der Waals surface area contributed by atoms with Gasteiger partial charge < -0.3 is 5.32 Å². The largest absolute Gasteiger partial charge is 0.316 e. The second-order valence-corrected chi connectivity index (χ2v) is 5.58. The molecule has 0 radical (unpaired) electrons. The van der Waals surface area contributed by atoms with Crippen LogP contribution in [0.25, 0.3) is 0 Å². The van der Waals surface area contributed by atoms with E-state index in [0.717, 1.165) is 16.7 Å². The van der Waals surface area contributed by atoms with Crippen LogP contribution in [-0.4, -0.2) is 10.8 Å². The summed E-state index contributed by atoms with van der Waals surface area (Å²) < 4.78 is 0. The van der Waals surface area contributed by atoms with Crippen LogP contribution in [0.5, 0.6) is 0 Å². The highest BCUT2D eigenvalue weighted by Gasteiger charge is 2.19. The Morgan fingerprint density at radius 2 is 1.73 bits per heavy atom. The number of aryl methyl sites for hydroxylation is 3. The van der Waals surface area contributed by atoms with Crippen LogP contribution in [0, 0.1) is 30.9 Å². The second kappa shape index (κ2) is 6.15. The average molecular weight is 319 g/mol. The average Bonchev–Trinajstić information content (AvgIpc) is 2.39. The third-order valence-corrected chi connectivity index (χ3v) is 3.54. The minimum absolute atomic E-state index is 0.124. The predicted octanol–water partition coefficient (Wildman–Crippen LogP) is 4.43. The van der Waals surface area contributed by atoms with Gasteiger partial charge in [0.15, 0.2) is 0 Å². The van der Waals surface area contributed by atoms with Gasteiger partial charge in [0.25, 0.3) is 11.6 Å². The number of nitro benzene ring substituents is 1. The van der Waals surface area contributed by atoms with Crippen LogP contribution >= 0.6 is 11.6 Å². The molecule has 2 aromatic carbocycles. The van der Waals surface area contributed by atoms with Crippen molar-refractivity contribution >= 4 is 28.9 Å². The summed E-state index contributed by atoms with van der Waals surface area (Å²) >= 11 is 5.77. The highest BCUT2D eigenvalue weighted by Crippen LogP contribution is 2.28. The molecule has 1 amide bonds. The molecule has 1 N–H and O–H groups in total. The summed E-state index contributed by atoms with van der Waals surface area (Å²) in [6, 6.07) is 7.94. The van der Waals surface area contributed by atoms with Crippen LogP contribution in [0.3, 0.4) is 0 Å². The highest BCUT2D eigenvalue weighted by molar-refractivity contribution is 6.31. The smallest absolute Gasteiger partial charge is 0.294 e. The normalized spacial score (nSPS) is 10.4. The molecule has 22 heavy (non-hydrogen) atoms. The quantitative estimate of drug-likeness (QED) is 0.672. The van der Waals surface area contributed by atoms with E-state index >= 15 is 0 Å². The monoisotopic (exact) mass is 318 g/mol. The number of nitrogens with zero attached hydrogens (tertiary/aromatic N) is 1. The van der Waals surface area contributed by atoms with Crippen molar-refractivity contribution in [3.05, 3.63) is 67.7 Å². The number of carbonyl (C=O) groups excluding carboxylic acids is 1. The topological polar surface area (TPSA) is 72.2 Å². The van der Waals surface area contributed by atoms with Gasteiger partial charge in [-0.25, -0.2) is 0 Å². The van der Waals surface area contributed by atoms with Crippen LogP contribution in [0.4, 0.5) is 11.4 Å². The van der Waals surface area contributed by atoms with E-state index in [1.807, 2.05) is 32.9 Å². The van der Waals surface area contributed by atoms with Gasteiger partial charge in [-0.05, 0) is 44.0 Å². The van der Waals surface area contributed by atoms with Crippen LogP contribution < -0.4 is 5.32 Å². The maximum absolute atomic E-state index is 12.5. The molecule has 2 rings (SSSR count). The van der Waals surface area contributed by atoms with Crippen molar-refractivity contribution in [2.45, 2.75) is 20.8 Å². The van der Waals surface area contributed by atoms with Gasteiger partial charge in [0, 0.05) is 16.7 Å². The van der Waals surface area contributed by atoms with Crippen LogP contribution in [0.2, 0.25) is 5.02 Å². The number of hydrogen-bond donors (Lipinski definition) is 1. The maximum Gasteiger partial charge on any atom is 0.294 e. The van der Waals surface area contributed by atoms with Crippen LogP contribution in [0.15, 0.2) is 30.3 Å². The van der Waals surface area contributed by atoms with E-state index in [2.05, 4.69) is 5.32 Å². The predicted molar refractivity (Wildman–Crippen MR) is 86.7 cm³/mol. The van der Waals surface area contributed by atoms with Crippen LogP contribution in [0.1, 0.15) is 27.0 Å². The molecule has 0 aliphatic heterocycles. The first-order valence-corrected chi connectivity index (χ1v) is 7.00. The van der Waals surface area contributed by atoms with Crippen LogP contribution in [-0.2, 0) is 0 Å². The molecule has 0 atom stereocenters. The van der Waals surface area contributed by atoms with Gasteiger partial charge in [0.05, 0.1) is 4.92 Å². The maximum atomic E-state index is 12.5. The molecule has 0 saturated heterocycles. The lowest BCUT2D eigenvalue weighted by Gasteiger charge is -2.12. The van der Waals surface area contributed by atoms with E-state index < -0.39 is 4.92 Å². The lowest BCUT2D eigenvalue weighted by atomic mass is 9.99. The fourth-order valence-corrected chi connectivity index (χ4v) is 2.65. The number of carbonyl (C=O) groups is 1. The van der Waals surface area contributed by atoms with E-state index in [1.165, 1.54) is 18.2 Å². The summed E-state index contributed by atoms with van der Waals surface area (Å²) in [5.74, 6) is -0.375. The summed E-state index contributed by atoms with van der Waals surface area (Å²) in [7, 11) is 0. The SMILES string of the molecule is Cc1cc(C)c(C(=O)Nc2ccc(Cl)cc2[N+](=O)[O-])c(C)c1. The molecule has 0 saturated carbocycles. The number of halogens is 1. The first-order valence-electron chi connectivity index (χ1n) is 6.62. The van der Waals surface area contributed by atoms with Gasteiger partial charge in [0.1, 0.15) is 5.69 Å². The van der Waals surface area contributed by atoms with E-state index in [4.69, 9.17) is 11.6 Å². The van der Waals surface area contributed by atoms with E-state index in [-0.39, 0.29) is 22.3 Å². The molecule has 0 aromatic heterocycles. The molecule has 0 aliphatic carbocycles. The Morgan fingerprint density at radius 3 is 2.27 bits per heavy atom. The number of anilines is 1. The van der Waals surface area contributed by atoms with E-state index in [0.29, 0.717) is 5.56 Å². The molecular formula is C16H15ClN2O3. The molecule has 0 fully saturated rings. The molecular weight excluding hydrogens is 304 g/mol. The lowest BCUT2D eigenvalue weighted by molar-refractivity contribution is -0.383. The fourth-order valence-electron chi connectivity index (χ4n) is 2.48. The molecule has 6 heteroatoms. The fraction of sp³-hybridized carbons (Fsp3) is 0.188. The lowest BCUT2D eigenvalue weighted by Crippen LogP contribution is -2.16. The molecule has 114 valence electrons. The third-order valence-electron chi connectivity index (χ3n) is 3.31. The van der Waals surface area contributed by atoms with Crippen molar-refractivity contribution in [2.24, 2.45) is 0 Å². The Labute approximate surface area is 133 Å². The van der Waals surface area contributed by atoms with Gasteiger partial charge in [-0.15, -0.1) is 0 Å². The van der Waals surface area contributed by atoms with Gasteiger partial charge in [-0.1, -0.05) is 29.3 Å². The van der Waals surface area contributed by atoms with Gasteiger partial charge in [0.2, 0.25) is 0 Å². The van der Waals surface area contributed by atoms with Gasteiger partial charge >= 0.3 is 0 Å². The molecule has 5 nitrogen and oxygen atoms in total. The van der Waals surface area contributed by atoms with Crippen molar-refractivity contribution in [2.75, 3.05) is 5.32 Å².